The van der Waals surface area contributed by atoms with Crippen molar-refractivity contribution in [2.45, 2.75) is 45.2 Å². The van der Waals surface area contributed by atoms with Gasteiger partial charge in [-0.05, 0) is 50.4 Å². The molecular formula is C19H26N6O2. The van der Waals surface area contributed by atoms with Crippen molar-refractivity contribution in [1.82, 2.24) is 25.6 Å². The van der Waals surface area contributed by atoms with E-state index in [0.29, 0.717) is 22.9 Å². The number of aryl methyl sites for hydroxylation is 1. The first-order valence-corrected chi connectivity index (χ1v) is 9.35. The number of carbonyl (C=O) groups excluding carboxylic acids is 2. The van der Waals surface area contributed by atoms with Crippen LogP contribution in [0.3, 0.4) is 0 Å². The molecule has 8 nitrogen and oxygen atoms in total. The van der Waals surface area contributed by atoms with Crippen LogP contribution < -0.4 is 16.0 Å². The Bertz CT molecular complexity index is 810. The molecule has 3 N–H and O–H groups in total. The minimum absolute atomic E-state index is 0.189. The molecule has 144 valence electrons. The Morgan fingerprint density at radius 1 is 1.30 bits per heavy atom. The van der Waals surface area contributed by atoms with Gasteiger partial charge < -0.3 is 16.0 Å². The lowest BCUT2D eigenvalue weighted by molar-refractivity contribution is 0.0960. The molecule has 27 heavy (non-hydrogen) atoms. The minimum atomic E-state index is -0.339. The number of aromatic nitrogens is 3. The van der Waals surface area contributed by atoms with E-state index < -0.39 is 0 Å². The Kier molecular flexibility index (Phi) is 6.18. The van der Waals surface area contributed by atoms with E-state index in [0.717, 1.165) is 19.5 Å². The molecule has 2 amide bonds. The van der Waals surface area contributed by atoms with Crippen molar-refractivity contribution in [3.8, 4) is 0 Å². The molecule has 0 saturated carbocycles. The van der Waals surface area contributed by atoms with Crippen LogP contribution in [0.1, 0.15) is 52.1 Å². The van der Waals surface area contributed by atoms with Crippen molar-refractivity contribution in [1.29, 1.82) is 0 Å². The van der Waals surface area contributed by atoms with E-state index in [9.17, 15) is 9.59 Å². The quantitative estimate of drug-likeness (QED) is 0.719. The maximum atomic E-state index is 12.5. The first-order chi connectivity index (χ1) is 13.1. The predicted molar refractivity (Wildman–Crippen MR) is 103 cm³/mol. The van der Waals surface area contributed by atoms with E-state index in [-0.39, 0.29) is 17.5 Å². The number of amides is 2. The monoisotopic (exact) mass is 370 g/mol. The van der Waals surface area contributed by atoms with Crippen molar-refractivity contribution in [3.05, 3.63) is 41.2 Å². The lowest BCUT2D eigenvalue weighted by Gasteiger charge is -2.23. The van der Waals surface area contributed by atoms with Crippen LogP contribution >= 0.6 is 0 Å². The van der Waals surface area contributed by atoms with E-state index in [4.69, 9.17) is 0 Å². The number of benzene rings is 1. The van der Waals surface area contributed by atoms with Crippen LogP contribution in [0, 0.1) is 6.92 Å². The van der Waals surface area contributed by atoms with E-state index in [1.54, 1.807) is 43.0 Å². The molecule has 0 radical (unpaired) electrons. The average Bonchev–Trinajstić information content (AvgIpc) is 3.17. The highest BCUT2D eigenvalue weighted by atomic mass is 16.2. The largest absolute Gasteiger partial charge is 0.355 e. The number of piperidine rings is 1. The SMILES string of the molecule is CNC(=O)c1cccc(NC(=O)c2cn(CCC3CCCCN3)nn2)c1C. The molecule has 3 rings (SSSR count). The van der Waals surface area contributed by atoms with Crippen LogP contribution in [0.25, 0.3) is 0 Å². The molecule has 1 atom stereocenters. The second-order valence-electron chi connectivity index (χ2n) is 6.81. The zero-order valence-electron chi connectivity index (χ0n) is 15.8. The summed E-state index contributed by atoms with van der Waals surface area (Å²) in [5.41, 5.74) is 2.08. The van der Waals surface area contributed by atoms with Gasteiger partial charge in [0.1, 0.15) is 0 Å². The van der Waals surface area contributed by atoms with E-state index in [1.165, 1.54) is 19.3 Å². The molecule has 1 saturated heterocycles. The maximum absolute atomic E-state index is 12.5. The summed E-state index contributed by atoms with van der Waals surface area (Å²) in [4.78, 5) is 24.4. The second-order valence-corrected chi connectivity index (χ2v) is 6.81. The molecular weight excluding hydrogens is 344 g/mol. The summed E-state index contributed by atoms with van der Waals surface area (Å²) in [7, 11) is 1.58. The molecule has 8 heteroatoms. The van der Waals surface area contributed by atoms with Gasteiger partial charge in [-0.25, -0.2) is 0 Å². The van der Waals surface area contributed by atoms with Gasteiger partial charge in [0.25, 0.3) is 11.8 Å². The summed E-state index contributed by atoms with van der Waals surface area (Å²) < 4.78 is 1.71. The number of anilines is 1. The zero-order chi connectivity index (χ0) is 19.2. The van der Waals surface area contributed by atoms with E-state index in [2.05, 4.69) is 26.3 Å². The smallest absolute Gasteiger partial charge is 0.277 e. The molecule has 1 unspecified atom stereocenters. The lowest BCUT2D eigenvalue weighted by atomic mass is 10.0. The molecule has 1 aromatic heterocycles. The van der Waals surface area contributed by atoms with Crippen LogP contribution in [0.2, 0.25) is 0 Å². The zero-order valence-corrected chi connectivity index (χ0v) is 15.8. The maximum Gasteiger partial charge on any atom is 0.277 e. The van der Waals surface area contributed by atoms with Crippen molar-refractivity contribution < 1.29 is 9.59 Å². The fourth-order valence-electron chi connectivity index (χ4n) is 3.31. The van der Waals surface area contributed by atoms with Gasteiger partial charge in [0.2, 0.25) is 0 Å². The van der Waals surface area contributed by atoms with Crippen LogP contribution in [-0.4, -0.2) is 46.4 Å². The third-order valence-electron chi connectivity index (χ3n) is 4.94. The Hall–Kier alpha value is -2.74. The Labute approximate surface area is 158 Å². The van der Waals surface area contributed by atoms with Gasteiger partial charge in [-0.3, -0.25) is 14.3 Å². The number of nitrogens with one attached hydrogen (secondary N) is 3. The topological polar surface area (TPSA) is 101 Å². The second kappa shape index (κ2) is 8.77. The lowest BCUT2D eigenvalue weighted by Crippen LogP contribution is -2.34. The Morgan fingerprint density at radius 2 is 2.15 bits per heavy atom. The third kappa shape index (κ3) is 4.71. The minimum Gasteiger partial charge on any atom is -0.355 e. The van der Waals surface area contributed by atoms with Crippen molar-refractivity contribution in [2.75, 3.05) is 18.9 Å². The highest BCUT2D eigenvalue weighted by molar-refractivity contribution is 6.04. The molecule has 2 aromatic rings. The van der Waals surface area contributed by atoms with Gasteiger partial charge in [-0.2, -0.15) is 0 Å². The van der Waals surface area contributed by atoms with Gasteiger partial charge in [0.05, 0.1) is 6.20 Å². The first-order valence-electron chi connectivity index (χ1n) is 9.35. The first kappa shape index (κ1) is 19.0. The highest BCUT2D eigenvalue weighted by Gasteiger charge is 2.16. The molecule has 2 heterocycles. The van der Waals surface area contributed by atoms with E-state index >= 15 is 0 Å². The normalized spacial score (nSPS) is 16.7. The summed E-state index contributed by atoms with van der Waals surface area (Å²) in [6, 6.07) is 5.73. The number of hydrogen-bond acceptors (Lipinski definition) is 5. The van der Waals surface area contributed by atoms with Crippen LogP contribution in [-0.2, 0) is 6.54 Å². The fraction of sp³-hybridized carbons (Fsp3) is 0.474. The van der Waals surface area contributed by atoms with Crippen LogP contribution in [0.15, 0.2) is 24.4 Å². The number of rotatable bonds is 6. The predicted octanol–water partition coefficient (Wildman–Crippen LogP) is 1.73. The van der Waals surface area contributed by atoms with Gasteiger partial charge in [0.15, 0.2) is 5.69 Å². The van der Waals surface area contributed by atoms with E-state index in [1.807, 2.05) is 0 Å². The average molecular weight is 370 g/mol. The summed E-state index contributed by atoms with van der Waals surface area (Å²) in [5, 5.41) is 17.0. The molecule has 1 fully saturated rings. The van der Waals surface area contributed by atoms with Gasteiger partial charge in [-0.15, -0.1) is 5.10 Å². The standard InChI is InChI=1S/C19H26N6O2/c1-13-15(18(26)20-2)7-5-8-16(13)22-19(27)17-12-25(24-23-17)11-9-14-6-3-4-10-21-14/h5,7-8,12,14,21H,3-4,6,9-11H2,1-2H3,(H,20,26)(H,22,27). The number of hydrogen-bond donors (Lipinski definition) is 3. The van der Waals surface area contributed by atoms with Crippen molar-refractivity contribution in [2.24, 2.45) is 0 Å². The Morgan fingerprint density at radius 3 is 2.89 bits per heavy atom. The Balaban J connectivity index is 1.62. The van der Waals surface area contributed by atoms with Crippen molar-refractivity contribution in [3.63, 3.8) is 0 Å². The van der Waals surface area contributed by atoms with Gasteiger partial charge in [-0.1, -0.05) is 17.7 Å². The summed E-state index contributed by atoms with van der Waals surface area (Å²) >= 11 is 0. The molecule has 1 aliphatic rings. The number of carbonyl (C=O) groups is 2. The third-order valence-corrected chi connectivity index (χ3v) is 4.94. The summed E-state index contributed by atoms with van der Waals surface area (Å²) in [6.45, 7) is 3.60. The molecule has 0 spiro atoms. The van der Waals surface area contributed by atoms with Crippen LogP contribution in [0.4, 0.5) is 5.69 Å². The molecule has 0 bridgehead atoms. The fourth-order valence-corrected chi connectivity index (χ4v) is 3.31. The molecule has 0 aliphatic carbocycles. The van der Waals surface area contributed by atoms with Crippen molar-refractivity contribution >= 4 is 17.5 Å². The highest BCUT2D eigenvalue weighted by Crippen LogP contribution is 2.19. The van der Waals surface area contributed by atoms with Gasteiger partial charge in [0, 0.05) is 30.9 Å². The van der Waals surface area contributed by atoms with Crippen LogP contribution in [0.5, 0.6) is 0 Å². The summed E-state index contributed by atoms with van der Waals surface area (Å²) in [6.07, 6.45) is 6.32. The summed E-state index contributed by atoms with van der Waals surface area (Å²) in [5.74, 6) is -0.528. The number of nitrogens with zero attached hydrogens (tertiary/aromatic N) is 3. The molecule has 1 aliphatic heterocycles. The molecule has 1 aromatic carbocycles. The van der Waals surface area contributed by atoms with Gasteiger partial charge >= 0.3 is 0 Å².